The van der Waals surface area contributed by atoms with Crippen LogP contribution in [0.2, 0.25) is 0 Å². The van der Waals surface area contributed by atoms with Crippen LogP contribution in [0.4, 0.5) is 0 Å². The second-order valence-electron chi connectivity index (χ2n) is 5.14. The number of hydrogen-bond donors (Lipinski definition) is 0. The molecule has 0 saturated carbocycles. The summed E-state index contributed by atoms with van der Waals surface area (Å²) in [5.74, 6) is 0. The van der Waals surface area contributed by atoms with Crippen molar-refractivity contribution in [1.82, 2.24) is 0 Å². The maximum Gasteiger partial charge on any atom is -0.0227 e. The molecule has 106 valence electrons. The Bertz CT molecular complexity index is 450. The van der Waals surface area contributed by atoms with E-state index in [2.05, 4.69) is 62.4 Å². The van der Waals surface area contributed by atoms with Crippen molar-refractivity contribution in [3.63, 3.8) is 0 Å². The lowest BCUT2D eigenvalue weighted by Gasteiger charge is -2.05. The summed E-state index contributed by atoms with van der Waals surface area (Å²) in [6.07, 6.45) is 4.86. The van der Waals surface area contributed by atoms with Crippen LogP contribution in [-0.4, -0.2) is 0 Å². The molecule has 0 radical (unpaired) electrons. The largest absolute Gasteiger partial charge is 0.0651 e. The van der Waals surface area contributed by atoms with Crippen LogP contribution < -0.4 is 10.6 Å². The molecule has 2 heteroatoms. The van der Waals surface area contributed by atoms with Gasteiger partial charge in [-0.1, -0.05) is 91.8 Å². The molecule has 0 aliphatic rings. The van der Waals surface area contributed by atoms with Crippen LogP contribution in [-0.2, 0) is 12.8 Å². The van der Waals surface area contributed by atoms with Gasteiger partial charge >= 0.3 is 0 Å². The first-order valence-corrected chi connectivity index (χ1v) is 10.5. The van der Waals surface area contributed by atoms with Crippen molar-refractivity contribution in [2.45, 2.75) is 39.5 Å². The van der Waals surface area contributed by atoms with Crippen molar-refractivity contribution >= 4 is 27.1 Å². The lowest BCUT2D eigenvalue weighted by atomic mass is 10.1. The van der Waals surface area contributed by atoms with Crippen LogP contribution in [0.5, 0.6) is 0 Å². The van der Waals surface area contributed by atoms with E-state index in [4.69, 9.17) is 0 Å². The fraction of sp³-hybridized carbons (Fsp3) is 0.333. The maximum atomic E-state index is 2.31. The third-order valence-corrected chi connectivity index (χ3v) is 6.81. The van der Waals surface area contributed by atoms with Gasteiger partial charge in [0, 0.05) is 0 Å². The van der Waals surface area contributed by atoms with E-state index < -0.39 is 0 Å². The van der Waals surface area contributed by atoms with Crippen LogP contribution in [0, 0.1) is 0 Å². The van der Waals surface area contributed by atoms with Gasteiger partial charge in [-0.3, -0.25) is 0 Å². The Morgan fingerprint density at radius 1 is 0.600 bits per heavy atom. The smallest absolute Gasteiger partial charge is 0.0227 e. The molecule has 0 aliphatic heterocycles. The molecule has 20 heavy (non-hydrogen) atoms. The fourth-order valence-corrected chi connectivity index (χ4v) is 5.05. The van der Waals surface area contributed by atoms with Gasteiger partial charge in [-0.15, -0.1) is 0 Å². The van der Waals surface area contributed by atoms with E-state index in [-0.39, 0.29) is 0 Å². The molecule has 2 rings (SSSR count). The molecule has 0 aromatic heterocycles. The number of hydrogen-bond acceptors (Lipinski definition) is 0. The van der Waals surface area contributed by atoms with E-state index in [1.807, 2.05) is 0 Å². The molecule has 2 atom stereocenters. The highest BCUT2D eigenvalue weighted by Crippen LogP contribution is 2.34. The highest BCUT2D eigenvalue weighted by Gasteiger charge is 1.98. The van der Waals surface area contributed by atoms with Gasteiger partial charge < -0.3 is 0 Å². The van der Waals surface area contributed by atoms with Crippen molar-refractivity contribution < 1.29 is 0 Å². The topological polar surface area (TPSA) is 0 Å². The van der Waals surface area contributed by atoms with Crippen molar-refractivity contribution in [2.75, 3.05) is 0 Å². The van der Waals surface area contributed by atoms with Crippen molar-refractivity contribution in [2.24, 2.45) is 0 Å². The number of aryl methyl sites for hydroxylation is 2. The number of benzene rings is 2. The zero-order chi connectivity index (χ0) is 14.2. The van der Waals surface area contributed by atoms with E-state index >= 15 is 0 Å². The molecule has 2 aromatic rings. The molecule has 2 unspecified atom stereocenters. The Kier molecular flexibility index (Phi) is 6.71. The summed E-state index contributed by atoms with van der Waals surface area (Å²) in [4.78, 5) is 0. The summed E-state index contributed by atoms with van der Waals surface area (Å²) < 4.78 is 0. The van der Waals surface area contributed by atoms with Gasteiger partial charge in [0.1, 0.15) is 0 Å². The van der Waals surface area contributed by atoms with E-state index in [1.54, 1.807) is 0 Å². The van der Waals surface area contributed by atoms with Gasteiger partial charge in [0.05, 0.1) is 0 Å². The first-order valence-electron chi connectivity index (χ1n) is 7.51. The van der Waals surface area contributed by atoms with Crippen LogP contribution >= 0.6 is 16.5 Å². The first-order chi connectivity index (χ1) is 9.81. The molecule has 0 amide bonds. The Hall–Kier alpha value is -0.700. The van der Waals surface area contributed by atoms with Crippen LogP contribution in [0.3, 0.4) is 0 Å². The van der Waals surface area contributed by atoms with Crippen molar-refractivity contribution in [3.05, 3.63) is 59.7 Å². The summed E-state index contributed by atoms with van der Waals surface area (Å²) >= 11 is 0. The van der Waals surface area contributed by atoms with Crippen LogP contribution in [0.15, 0.2) is 48.5 Å². The molecular weight excluding hydrogens is 278 g/mol. The molecule has 0 heterocycles. The molecule has 0 fully saturated rings. The minimum Gasteiger partial charge on any atom is -0.0651 e. The lowest BCUT2D eigenvalue weighted by molar-refractivity contribution is 0.922. The monoisotopic (exact) mass is 302 g/mol. The Morgan fingerprint density at radius 2 is 0.950 bits per heavy atom. The normalized spacial score (nSPS) is 11.9. The third kappa shape index (κ3) is 5.01. The molecule has 0 aliphatic carbocycles. The lowest BCUT2D eigenvalue weighted by Crippen LogP contribution is -1.96. The second-order valence-corrected chi connectivity index (χ2v) is 8.30. The summed E-state index contributed by atoms with van der Waals surface area (Å²) in [5, 5.41) is 2.97. The van der Waals surface area contributed by atoms with Crippen molar-refractivity contribution in [1.29, 1.82) is 0 Å². The average Bonchev–Trinajstić information content (AvgIpc) is 2.49. The van der Waals surface area contributed by atoms with Gasteiger partial charge in [-0.2, -0.15) is 0 Å². The van der Waals surface area contributed by atoms with Crippen molar-refractivity contribution in [3.8, 4) is 0 Å². The predicted molar refractivity (Wildman–Crippen MR) is 96.8 cm³/mol. The first kappa shape index (κ1) is 15.7. The van der Waals surface area contributed by atoms with Gasteiger partial charge in [0.25, 0.3) is 0 Å². The van der Waals surface area contributed by atoms with E-state index in [0.29, 0.717) is 0 Å². The fourth-order valence-electron chi connectivity index (χ4n) is 2.23. The molecule has 2 aromatic carbocycles. The van der Waals surface area contributed by atoms with Gasteiger partial charge in [0.2, 0.25) is 0 Å². The van der Waals surface area contributed by atoms with Gasteiger partial charge in [-0.25, -0.2) is 0 Å². The van der Waals surface area contributed by atoms with E-state index in [1.165, 1.54) is 47.4 Å². The Balaban J connectivity index is 1.87. The zero-order valence-electron chi connectivity index (χ0n) is 12.4. The summed E-state index contributed by atoms with van der Waals surface area (Å²) in [5.41, 5.74) is 2.93. The third-order valence-electron chi connectivity index (χ3n) is 3.34. The number of rotatable bonds is 7. The van der Waals surface area contributed by atoms with Gasteiger partial charge in [-0.05, 0) is 34.6 Å². The molecule has 0 bridgehead atoms. The molecule has 0 N–H and O–H groups in total. The summed E-state index contributed by atoms with van der Waals surface area (Å²) in [6.45, 7) is 4.47. The average molecular weight is 302 g/mol. The quantitative estimate of drug-likeness (QED) is 0.644. The minimum atomic E-state index is 0.906. The summed E-state index contributed by atoms with van der Waals surface area (Å²) in [7, 11) is 1.81. The molecule has 0 nitrogen and oxygen atoms in total. The molecule has 0 saturated heterocycles. The second kappa shape index (κ2) is 8.56. The SMILES string of the molecule is CCCc1ccc(PPc2ccc(CCC)cc2)cc1. The predicted octanol–water partition coefficient (Wildman–Crippen LogP) is 4.81. The molecular formula is C18H24P2. The maximum absolute atomic E-state index is 2.31. The Labute approximate surface area is 126 Å². The van der Waals surface area contributed by atoms with Crippen LogP contribution in [0.1, 0.15) is 37.8 Å². The van der Waals surface area contributed by atoms with E-state index in [0.717, 1.165) is 16.5 Å². The highest BCUT2D eigenvalue weighted by molar-refractivity contribution is 8.18. The van der Waals surface area contributed by atoms with Crippen LogP contribution in [0.25, 0.3) is 0 Å². The summed E-state index contributed by atoms with van der Waals surface area (Å²) in [6, 6.07) is 18.4. The van der Waals surface area contributed by atoms with E-state index in [9.17, 15) is 0 Å². The van der Waals surface area contributed by atoms with Gasteiger partial charge in [0.15, 0.2) is 0 Å². The Morgan fingerprint density at radius 3 is 1.25 bits per heavy atom. The minimum absolute atomic E-state index is 0.906. The molecule has 0 spiro atoms. The zero-order valence-corrected chi connectivity index (χ0v) is 14.4. The standard InChI is InChI=1S/C18H24P2/c1-3-5-15-7-11-17(12-8-15)19-20-18-13-9-16(6-4-2)10-14-18/h7-14,19-20H,3-6H2,1-2H3. The highest BCUT2D eigenvalue weighted by atomic mass is 32.0.